The summed E-state index contributed by atoms with van der Waals surface area (Å²) >= 11 is 0. The Labute approximate surface area is 90.4 Å². The standard InChI is InChI=1S/C9H12.C3H8.C2H6/c1-3-9-7-5-4-6-8(9)2;1-3-2;1-2/h4-7H,3H2,1-2H3;3H2,1-2H3;1-2H3. The van der Waals surface area contributed by atoms with Crippen LogP contribution in [0, 0.1) is 6.92 Å². The van der Waals surface area contributed by atoms with E-state index in [9.17, 15) is 0 Å². The highest BCUT2D eigenvalue weighted by Crippen LogP contribution is 2.06. The highest BCUT2D eigenvalue weighted by atomic mass is 13.9. The van der Waals surface area contributed by atoms with Gasteiger partial charge in [-0.25, -0.2) is 0 Å². The summed E-state index contributed by atoms with van der Waals surface area (Å²) in [7, 11) is 0. The largest absolute Gasteiger partial charge is 0.0683 e. The van der Waals surface area contributed by atoms with E-state index >= 15 is 0 Å². The summed E-state index contributed by atoms with van der Waals surface area (Å²) in [6.45, 7) is 12.6. The van der Waals surface area contributed by atoms with Crippen molar-refractivity contribution in [2.75, 3.05) is 0 Å². The Balaban J connectivity index is 0. The first-order valence-electron chi connectivity index (χ1n) is 5.80. The topological polar surface area (TPSA) is 0 Å². The minimum absolute atomic E-state index is 1.15. The SMILES string of the molecule is CC.CCC.CCc1ccccc1C. The van der Waals surface area contributed by atoms with Crippen molar-refractivity contribution in [3.8, 4) is 0 Å². The minimum atomic E-state index is 1.15. The van der Waals surface area contributed by atoms with Crippen molar-refractivity contribution >= 4 is 0 Å². The normalized spacial score (nSPS) is 7.86. The van der Waals surface area contributed by atoms with Crippen LogP contribution in [0.4, 0.5) is 0 Å². The van der Waals surface area contributed by atoms with Crippen LogP contribution < -0.4 is 0 Å². The molecule has 0 aliphatic rings. The zero-order chi connectivity index (χ0) is 11.4. The van der Waals surface area contributed by atoms with Gasteiger partial charge in [-0.2, -0.15) is 0 Å². The monoisotopic (exact) mass is 194 g/mol. The molecule has 14 heavy (non-hydrogen) atoms. The maximum Gasteiger partial charge on any atom is -0.0305 e. The summed E-state index contributed by atoms with van der Waals surface area (Å²) in [6.07, 6.45) is 2.40. The molecule has 0 N–H and O–H groups in total. The number of benzene rings is 1. The molecule has 0 aromatic heterocycles. The average Bonchev–Trinajstić information content (AvgIpc) is 2.23. The lowest BCUT2D eigenvalue weighted by Crippen LogP contribution is -1.82. The molecule has 0 spiro atoms. The third kappa shape index (κ3) is 7.85. The van der Waals surface area contributed by atoms with E-state index in [-0.39, 0.29) is 0 Å². The van der Waals surface area contributed by atoms with Crippen molar-refractivity contribution in [1.29, 1.82) is 0 Å². The Morgan fingerprint density at radius 2 is 1.36 bits per heavy atom. The fourth-order valence-corrected chi connectivity index (χ4v) is 1.01. The Hall–Kier alpha value is -0.780. The van der Waals surface area contributed by atoms with Crippen molar-refractivity contribution < 1.29 is 0 Å². The van der Waals surface area contributed by atoms with E-state index in [1.165, 1.54) is 17.5 Å². The summed E-state index contributed by atoms with van der Waals surface area (Å²) in [4.78, 5) is 0. The summed E-state index contributed by atoms with van der Waals surface area (Å²) in [5.41, 5.74) is 2.86. The molecule has 1 aromatic carbocycles. The summed E-state index contributed by atoms with van der Waals surface area (Å²) < 4.78 is 0. The highest BCUT2D eigenvalue weighted by molar-refractivity contribution is 5.24. The van der Waals surface area contributed by atoms with Gasteiger partial charge in [0.1, 0.15) is 0 Å². The number of rotatable bonds is 1. The van der Waals surface area contributed by atoms with Crippen LogP contribution >= 0.6 is 0 Å². The maximum atomic E-state index is 2.18. The van der Waals surface area contributed by atoms with Gasteiger partial charge in [-0.15, -0.1) is 0 Å². The number of hydrogen-bond acceptors (Lipinski definition) is 0. The fourth-order valence-electron chi connectivity index (χ4n) is 1.01. The molecule has 0 amide bonds. The van der Waals surface area contributed by atoms with Gasteiger partial charge >= 0.3 is 0 Å². The van der Waals surface area contributed by atoms with Crippen LogP contribution in [0.25, 0.3) is 0 Å². The second-order valence-electron chi connectivity index (χ2n) is 2.99. The van der Waals surface area contributed by atoms with E-state index in [1.807, 2.05) is 13.8 Å². The predicted octanol–water partition coefficient (Wildman–Crippen LogP) is 5.00. The van der Waals surface area contributed by atoms with Gasteiger partial charge in [0.25, 0.3) is 0 Å². The van der Waals surface area contributed by atoms with Gasteiger partial charge in [0.15, 0.2) is 0 Å². The zero-order valence-corrected chi connectivity index (χ0v) is 10.7. The van der Waals surface area contributed by atoms with E-state index in [1.54, 1.807) is 0 Å². The van der Waals surface area contributed by atoms with Crippen molar-refractivity contribution in [3.63, 3.8) is 0 Å². The van der Waals surface area contributed by atoms with Crippen molar-refractivity contribution in [1.82, 2.24) is 0 Å². The minimum Gasteiger partial charge on any atom is -0.0683 e. The molecule has 1 aromatic rings. The van der Waals surface area contributed by atoms with Gasteiger partial charge in [0, 0.05) is 0 Å². The molecule has 0 fully saturated rings. The van der Waals surface area contributed by atoms with Crippen LogP contribution in [0.15, 0.2) is 24.3 Å². The van der Waals surface area contributed by atoms with E-state index in [0.717, 1.165) is 6.42 Å². The number of hydrogen-bond donors (Lipinski definition) is 0. The van der Waals surface area contributed by atoms with Crippen molar-refractivity contribution in [3.05, 3.63) is 35.4 Å². The summed E-state index contributed by atoms with van der Waals surface area (Å²) in [6, 6.07) is 8.49. The smallest absolute Gasteiger partial charge is 0.0305 e. The average molecular weight is 194 g/mol. The van der Waals surface area contributed by atoms with Gasteiger partial charge in [0.2, 0.25) is 0 Å². The lowest BCUT2D eigenvalue weighted by molar-refractivity contribution is 1.09. The third-order valence-electron chi connectivity index (χ3n) is 1.64. The predicted molar refractivity (Wildman–Crippen MR) is 67.9 cm³/mol. The number of aryl methyl sites for hydroxylation is 2. The lowest BCUT2D eigenvalue weighted by atomic mass is 10.1. The van der Waals surface area contributed by atoms with Crippen LogP contribution in [0.5, 0.6) is 0 Å². The van der Waals surface area contributed by atoms with E-state index in [0.29, 0.717) is 0 Å². The second-order valence-corrected chi connectivity index (χ2v) is 2.99. The van der Waals surface area contributed by atoms with Crippen LogP contribution in [0.2, 0.25) is 0 Å². The Morgan fingerprint density at radius 3 is 1.64 bits per heavy atom. The van der Waals surface area contributed by atoms with Crippen LogP contribution in [0.1, 0.15) is 52.2 Å². The quantitative estimate of drug-likeness (QED) is 0.590. The van der Waals surface area contributed by atoms with E-state index < -0.39 is 0 Å². The van der Waals surface area contributed by atoms with Crippen molar-refractivity contribution in [2.24, 2.45) is 0 Å². The highest BCUT2D eigenvalue weighted by Gasteiger charge is 1.89. The molecular formula is C14H26. The molecule has 0 aliphatic heterocycles. The molecule has 0 heterocycles. The molecule has 0 nitrogen and oxygen atoms in total. The molecular weight excluding hydrogens is 168 g/mol. The molecule has 0 radical (unpaired) electrons. The molecule has 0 atom stereocenters. The molecule has 0 heteroatoms. The molecule has 0 saturated carbocycles. The zero-order valence-electron chi connectivity index (χ0n) is 10.7. The van der Waals surface area contributed by atoms with Gasteiger partial charge in [0.05, 0.1) is 0 Å². The Morgan fingerprint density at radius 1 is 0.929 bits per heavy atom. The van der Waals surface area contributed by atoms with Crippen LogP contribution in [-0.2, 0) is 6.42 Å². The maximum absolute atomic E-state index is 2.18. The molecule has 0 aliphatic carbocycles. The van der Waals surface area contributed by atoms with Crippen molar-refractivity contribution in [2.45, 2.75) is 54.4 Å². The van der Waals surface area contributed by atoms with Gasteiger partial charge in [-0.05, 0) is 24.5 Å². The Bertz CT molecular complexity index is 201. The van der Waals surface area contributed by atoms with Crippen LogP contribution in [-0.4, -0.2) is 0 Å². The molecule has 0 unspecified atom stereocenters. The van der Waals surface area contributed by atoms with Crippen LogP contribution in [0.3, 0.4) is 0 Å². The van der Waals surface area contributed by atoms with E-state index in [2.05, 4.69) is 52.0 Å². The summed E-state index contributed by atoms with van der Waals surface area (Å²) in [5.74, 6) is 0. The van der Waals surface area contributed by atoms with Gasteiger partial charge < -0.3 is 0 Å². The van der Waals surface area contributed by atoms with Gasteiger partial charge in [-0.3, -0.25) is 0 Å². The first-order chi connectivity index (χ1) is 6.76. The first kappa shape index (κ1) is 15.7. The fraction of sp³-hybridized carbons (Fsp3) is 0.571. The van der Waals surface area contributed by atoms with E-state index in [4.69, 9.17) is 0 Å². The lowest BCUT2D eigenvalue weighted by Gasteiger charge is -1.98. The third-order valence-corrected chi connectivity index (χ3v) is 1.64. The molecule has 0 saturated heterocycles. The molecule has 1 rings (SSSR count). The molecule has 82 valence electrons. The first-order valence-corrected chi connectivity index (χ1v) is 5.80. The Kier molecular flexibility index (Phi) is 13.7. The second kappa shape index (κ2) is 12.2. The molecule has 0 bridgehead atoms. The van der Waals surface area contributed by atoms with Gasteiger partial charge in [-0.1, -0.05) is 65.3 Å². The summed E-state index contributed by atoms with van der Waals surface area (Å²) in [5, 5.41) is 0.